The predicted octanol–water partition coefficient (Wildman–Crippen LogP) is 7.17. The van der Waals surface area contributed by atoms with Crippen molar-refractivity contribution >= 4 is 23.8 Å². The molecule has 198 valence electrons. The molecule has 0 saturated carbocycles. The Balaban J connectivity index is 2.03. The van der Waals surface area contributed by atoms with Crippen molar-refractivity contribution in [2.45, 2.75) is 39.2 Å². The second kappa shape index (κ2) is 11.3. The quantitative estimate of drug-likeness (QED) is 0.238. The summed E-state index contributed by atoms with van der Waals surface area (Å²) in [5.41, 5.74) is -3.71. The third kappa shape index (κ3) is 6.72. The number of halogens is 6. The van der Waals surface area contributed by atoms with E-state index in [9.17, 15) is 31.1 Å². The van der Waals surface area contributed by atoms with E-state index >= 15 is 0 Å². The summed E-state index contributed by atoms with van der Waals surface area (Å²) in [6.07, 6.45) is -8.79. The fourth-order valence-corrected chi connectivity index (χ4v) is 8.76. The molecule has 1 amide bonds. The van der Waals surface area contributed by atoms with Crippen molar-refractivity contribution in [2.75, 3.05) is 12.3 Å². The largest absolute Gasteiger partial charge is 0.416 e. The van der Waals surface area contributed by atoms with Crippen molar-refractivity contribution in [1.82, 2.24) is 5.32 Å². The zero-order valence-electron chi connectivity index (χ0n) is 20.7. The van der Waals surface area contributed by atoms with E-state index in [4.69, 9.17) is 0 Å². The van der Waals surface area contributed by atoms with Crippen LogP contribution in [0.15, 0.2) is 78.9 Å². The summed E-state index contributed by atoms with van der Waals surface area (Å²) >= 11 is 0. The summed E-state index contributed by atoms with van der Waals surface area (Å²) in [7, 11) is -2.09. The van der Waals surface area contributed by atoms with Gasteiger partial charge in [0.15, 0.2) is 0 Å². The topological polar surface area (TPSA) is 29.1 Å². The minimum atomic E-state index is -5.03. The zero-order valence-corrected chi connectivity index (χ0v) is 21.6. The molecule has 3 aromatic carbocycles. The molecule has 1 N–H and O–H groups in total. The third-order valence-electron chi connectivity index (χ3n) is 6.52. The van der Waals surface area contributed by atoms with Gasteiger partial charge < -0.3 is 5.32 Å². The van der Waals surface area contributed by atoms with Crippen LogP contribution in [-0.4, -0.2) is 24.3 Å². The van der Waals surface area contributed by atoms with Gasteiger partial charge in [-0.1, -0.05) is 50.2 Å². The second-order valence-corrected chi connectivity index (χ2v) is 13.2. The Kier molecular flexibility index (Phi) is 8.74. The summed E-state index contributed by atoms with van der Waals surface area (Å²) in [6.45, 7) is 5.81. The number of hydrogen-bond donors (Lipinski definition) is 1. The van der Waals surface area contributed by atoms with Crippen LogP contribution in [0.2, 0.25) is 0 Å². The molecule has 3 rings (SSSR count). The number of nitrogens with one attached hydrogen (secondary N) is 1. The maximum absolute atomic E-state index is 13.3. The molecule has 0 aromatic heterocycles. The Labute approximate surface area is 213 Å². The van der Waals surface area contributed by atoms with Gasteiger partial charge in [-0.25, -0.2) is 0 Å². The lowest BCUT2D eigenvalue weighted by molar-refractivity contribution is -0.143. The number of hydrogen-bond acceptors (Lipinski definition) is 1. The molecular weight excluding hydrogens is 511 g/mol. The summed E-state index contributed by atoms with van der Waals surface area (Å²) in [5.74, 6) is -1.10. The van der Waals surface area contributed by atoms with Crippen LogP contribution in [-0.2, 0) is 12.4 Å². The number of carbonyl (C=O) groups excluding carboxylic acids is 1. The lowest BCUT2D eigenvalue weighted by Crippen LogP contribution is -2.44. The molecule has 0 aliphatic carbocycles. The number of rotatable bonds is 8. The van der Waals surface area contributed by atoms with Gasteiger partial charge in [0.1, 0.15) is 0 Å². The first-order chi connectivity index (χ1) is 17.3. The van der Waals surface area contributed by atoms with Crippen molar-refractivity contribution in [3.05, 3.63) is 95.6 Å². The number of benzene rings is 3. The van der Waals surface area contributed by atoms with Crippen LogP contribution in [0.4, 0.5) is 26.3 Å². The van der Waals surface area contributed by atoms with E-state index in [0.717, 1.165) is 16.8 Å². The molecule has 3 aromatic rings. The Bertz CT molecular complexity index is 1120. The van der Waals surface area contributed by atoms with Crippen LogP contribution in [0.1, 0.15) is 42.3 Å². The van der Waals surface area contributed by atoms with Crippen LogP contribution in [0, 0.1) is 5.92 Å². The molecule has 0 aliphatic rings. The minimum Gasteiger partial charge on any atom is -0.345 e. The number of amides is 1. The number of carbonyl (C=O) groups is 1. The first kappa shape index (κ1) is 28.7. The van der Waals surface area contributed by atoms with Gasteiger partial charge in [0.2, 0.25) is 0 Å². The van der Waals surface area contributed by atoms with E-state index in [1.54, 1.807) is 0 Å². The van der Waals surface area contributed by atoms with Crippen LogP contribution in [0.3, 0.4) is 0 Å². The van der Waals surface area contributed by atoms with Gasteiger partial charge in [0, 0.05) is 5.56 Å². The molecule has 0 radical (unpaired) electrons. The Morgan fingerprint density at radius 2 is 1.22 bits per heavy atom. The maximum Gasteiger partial charge on any atom is 0.416 e. The van der Waals surface area contributed by atoms with Gasteiger partial charge in [-0.05, 0) is 55.3 Å². The Morgan fingerprint density at radius 1 is 0.784 bits per heavy atom. The molecule has 0 bridgehead atoms. The van der Waals surface area contributed by atoms with E-state index in [0.29, 0.717) is 18.3 Å². The molecule has 9 heteroatoms. The zero-order chi connectivity index (χ0) is 27.4. The number of alkyl halides is 6. The molecule has 0 heterocycles. The molecule has 0 aliphatic heterocycles. The van der Waals surface area contributed by atoms with Crippen molar-refractivity contribution in [2.24, 2.45) is 5.92 Å². The van der Waals surface area contributed by atoms with Gasteiger partial charge in [-0.2, -0.15) is 26.3 Å². The first-order valence-electron chi connectivity index (χ1n) is 11.9. The third-order valence-corrected chi connectivity index (χ3v) is 11.2. The SMILES string of the molecule is CC[P+](C[C@@H](NC(=O)c1cc(C(F)(F)F)cc(C(F)(F)F)c1)C(C)C)(c1ccccc1)c1ccccc1. The Morgan fingerprint density at radius 3 is 1.57 bits per heavy atom. The van der Waals surface area contributed by atoms with Gasteiger partial charge in [0.25, 0.3) is 5.91 Å². The van der Waals surface area contributed by atoms with Crippen molar-refractivity contribution in [1.29, 1.82) is 0 Å². The lowest BCUT2D eigenvalue weighted by Gasteiger charge is -2.32. The fourth-order valence-electron chi connectivity index (χ4n) is 4.38. The molecule has 0 saturated heterocycles. The summed E-state index contributed by atoms with van der Waals surface area (Å²) in [5, 5.41) is 5.00. The first-order valence-corrected chi connectivity index (χ1v) is 14.0. The minimum absolute atomic E-state index is 0.0230. The smallest absolute Gasteiger partial charge is 0.345 e. The highest BCUT2D eigenvalue weighted by molar-refractivity contribution is 7.89. The van der Waals surface area contributed by atoms with Crippen molar-refractivity contribution < 1.29 is 31.1 Å². The van der Waals surface area contributed by atoms with E-state index < -0.39 is 48.3 Å². The normalized spacial score (nSPS) is 13.5. The molecule has 37 heavy (non-hydrogen) atoms. The highest BCUT2D eigenvalue weighted by Gasteiger charge is 2.44. The van der Waals surface area contributed by atoms with Gasteiger partial charge in [-0.3, -0.25) is 4.79 Å². The van der Waals surface area contributed by atoms with E-state index in [-0.39, 0.29) is 12.0 Å². The van der Waals surface area contributed by atoms with E-state index in [1.807, 2.05) is 74.5 Å². The van der Waals surface area contributed by atoms with Gasteiger partial charge >= 0.3 is 12.4 Å². The average Bonchev–Trinajstić information content (AvgIpc) is 2.86. The van der Waals surface area contributed by atoms with E-state index in [2.05, 4.69) is 12.2 Å². The Hall–Kier alpha value is -2.86. The van der Waals surface area contributed by atoms with Crippen molar-refractivity contribution in [3.8, 4) is 0 Å². The van der Waals surface area contributed by atoms with Crippen LogP contribution in [0.25, 0.3) is 0 Å². The lowest BCUT2D eigenvalue weighted by atomic mass is 10.0. The molecule has 2 nitrogen and oxygen atoms in total. The second-order valence-electron chi connectivity index (χ2n) is 9.26. The van der Waals surface area contributed by atoms with Gasteiger partial charge in [-0.15, -0.1) is 0 Å². The summed E-state index contributed by atoms with van der Waals surface area (Å²) < 4.78 is 80.0. The van der Waals surface area contributed by atoms with E-state index in [1.165, 1.54) is 0 Å². The van der Waals surface area contributed by atoms with Crippen molar-refractivity contribution in [3.63, 3.8) is 0 Å². The van der Waals surface area contributed by atoms with Gasteiger partial charge in [0.05, 0.1) is 47.4 Å². The highest BCUT2D eigenvalue weighted by Crippen LogP contribution is 2.57. The molecule has 0 spiro atoms. The molecular formula is C28H29F6NOP+. The summed E-state index contributed by atoms with van der Waals surface area (Å²) in [6, 6.07) is 20.2. The maximum atomic E-state index is 13.3. The van der Waals surface area contributed by atoms with Crippen LogP contribution in [0.5, 0.6) is 0 Å². The molecule has 1 atom stereocenters. The monoisotopic (exact) mass is 540 g/mol. The highest BCUT2D eigenvalue weighted by atomic mass is 31.2. The summed E-state index contributed by atoms with van der Waals surface area (Å²) in [4.78, 5) is 13.1. The standard InChI is InChI=1S/C28H28F6NOP/c1-4-37(23-11-7-5-8-12-23,24-13-9-6-10-14-24)18-25(19(2)3)35-26(36)20-15-21(27(29,30)31)17-22(16-20)28(32,33)34/h5-17,19,25H,4,18H2,1-3H3/p+1/t25-/m1/s1. The predicted molar refractivity (Wildman–Crippen MR) is 137 cm³/mol. The van der Waals surface area contributed by atoms with Crippen LogP contribution < -0.4 is 15.9 Å². The average molecular weight is 541 g/mol. The fraction of sp³-hybridized carbons (Fsp3) is 0.321. The molecule has 0 unspecified atom stereocenters. The molecule has 0 fully saturated rings. The van der Waals surface area contributed by atoms with Crippen LogP contribution >= 0.6 is 7.26 Å².